The Morgan fingerprint density at radius 1 is 1.15 bits per heavy atom. The molecule has 1 aliphatic heterocycles. The summed E-state index contributed by atoms with van der Waals surface area (Å²) in [5, 5.41) is 0. The first-order chi connectivity index (χ1) is 9.60. The molecule has 2 nitrogen and oxygen atoms in total. The zero-order valence-electron chi connectivity index (χ0n) is 13.3. The van der Waals surface area contributed by atoms with Crippen molar-refractivity contribution >= 4 is 0 Å². The quantitative estimate of drug-likeness (QED) is 0.890. The minimum atomic E-state index is 0.524. The number of benzene rings is 1. The van der Waals surface area contributed by atoms with E-state index in [2.05, 4.69) is 56.0 Å². The van der Waals surface area contributed by atoms with Crippen molar-refractivity contribution < 1.29 is 0 Å². The molecule has 1 aliphatic rings. The Morgan fingerprint density at radius 2 is 1.75 bits per heavy atom. The SMILES string of the molecule is CC1CC(C)CN(C(CN)CC(C)c2ccccc2)C1. The molecule has 0 bridgehead atoms. The number of likely N-dealkylation sites (tertiary alicyclic amines) is 1. The Balaban J connectivity index is 1.98. The Bertz CT molecular complexity index is 380. The predicted octanol–water partition coefficient (Wildman–Crippen LogP) is 3.49. The van der Waals surface area contributed by atoms with Gasteiger partial charge in [0.1, 0.15) is 0 Å². The molecule has 1 aromatic rings. The minimum Gasteiger partial charge on any atom is -0.329 e. The van der Waals surface area contributed by atoms with Gasteiger partial charge in [-0.25, -0.2) is 0 Å². The summed E-state index contributed by atoms with van der Waals surface area (Å²) >= 11 is 0. The molecule has 1 aromatic carbocycles. The Kier molecular flexibility index (Phi) is 5.62. The van der Waals surface area contributed by atoms with E-state index in [9.17, 15) is 0 Å². The fraction of sp³-hybridized carbons (Fsp3) is 0.667. The van der Waals surface area contributed by atoms with Gasteiger partial charge in [-0.15, -0.1) is 0 Å². The fourth-order valence-electron chi connectivity index (χ4n) is 3.73. The first-order valence-electron chi connectivity index (χ1n) is 8.09. The molecule has 0 aromatic heterocycles. The van der Waals surface area contributed by atoms with Crippen LogP contribution in [0, 0.1) is 11.8 Å². The normalized spacial score (nSPS) is 27.2. The predicted molar refractivity (Wildman–Crippen MR) is 86.8 cm³/mol. The van der Waals surface area contributed by atoms with Crippen molar-refractivity contribution in [3.05, 3.63) is 35.9 Å². The molecule has 1 saturated heterocycles. The molecule has 0 saturated carbocycles. The van der Waals surface area contributed by atoms with Crippen LogP contribution in [0.25, 0.3) is 0 Å². The van der Waals surface area contributed by atoms with E-state index in [0.717, 1.165) is 18.4 Å². The van der Waals surface area contributed by atoms with E-state index in [4.69, 9.17) is 5.73 Å². The molecular weight excluding hydrogens is 244 g/mol. The fourth-order valence-corrected chi connectivity index (χ4v) is 3.73. The third-order valence-electron chi connectivity index (χ3n) is 4.68. The van der Waals surface area contributed by atoms with Crippen LogP contribution >= 0.6 is 0 Å². The van der Waals surface area contributed by atoms with Crippen LogP contribution in [0.3, 0.4) is 0 Å². The van der Waals surface area contributed by atoms with Crippen molar-refractivity contribution in [2.24, 2.45) is 17.6 Å². The summed E-state index contributed by atoms with van der Waals surface area (Å²) in [4.78, 5) is 2.64. The molecule has 1 fully saturated rings. The summed E-state index contributed by atoms with van der Waals surface area (Å²) in [5.41, 5.74) is 7.51. The molecule has 20 heavy (non-hydrogen) atoms. The molecule has 4 atom stereocenters. The van der Waals surface area contributed by atoms with Crippen molar-refractivity contribution in [2.45, 2.75) is 45.6 Å². The smallest absolute Gasteiger partial charge is 0.0224 e. The highest BCUT2D eigenvalue weighted by Gasteiger charge is 2.27. The molecule has 2 rings (SSSR count). The maximum atomic E-state index is 6.08. The lowest BCUT2D eigenvalue weighted by atomic mass is 9.88. The minimum absolute atomic E-state index is 0.524. The highest BCUT2D eigenvalue weighted by Crippen LogP contribution is 2.27. The monoisotopic (exact) mass is 274 g/mol. The summed E-state index contributed by atoms with van der Waals surface area (Å²) in [6, 6.07) is 11.3. The van der Waals surface area contributed by atoms with E-state index >= 15 is 0 Å². The molecule has 1 heterocycles. The topological polar surface area (TPSA) is 29.3 Å². The Labute approximate surface area is 124 Å². The van der Waals surface area contributed by atoms with Crippen LogP contribution in [0.4, 0.5) is 0 Å². The van der Waals surface area contributed by atoms with Gasteiger partial charge in [0.05, 0.1) is 0 Å². The second-order valence-electron chi connectivity index (χ2n) is 6.84. The summed E-state index contributed by atoms with van der Waals surface area (Å²) in [5.74, 6) is 2.19. The number of piperidine rings is 1. The lowest BCUT2D eigenvalue weighted by molar-refractivity contribution is 0.0913. The summed E-state index contributed by atoms with van der Waals surface area (Å²) in [7, 11) is 0. The van der Waals surface area contributed by atoms with Crippen molar-refractivity contribution in [1.29, 1.82) is 0 Å². The lowest BCUT2D eigenvalue weighted by Crippen LogP contribution is -2.48. The Morgan fingerprint density at radius 3 is 2.30 bits per heavy atom. The van der Waals surface area contributed by atoms with E-state index in [0.29, 0.717) is 12.0 Å². The highest BCUT2D eigenvalue weighted by atomic mass is 15.2. The third kappa shape index (κ3) is 4.07. The van der Waals surface area contributed by atoms with Gasteiger partial charge in [0.15, 0.2) is 0 Å². The molecular formula is C18H30N2. The van der Waals surface area contributed by atoms with Gasteiger partial charge in [-0.3, -0.25) is 4.90 Å². The van der Waals surface area contributed by atoms with Gasteiger partial charge in [0.25, 0.3) is 0 Å². The van der Waals surface area contributed by atoms with Gasteiger partial charge >= 0.3 is 0 Å². The second-order valence-corrected chi connectivity index (χ2v) is 6.84. The van der Waals surface area contributed by atoms with Crippen LogP contribution in [0.2, 0.25) is 0 Å². The standard InChI is InChI=1S/C18H30N2/c1-14-9-15(2)13-20(12-14)18(11-19)10-16(3)17-7-5-4-6-8-17/h4-8,14-16,18H,9-13,19H2,1-3H3. The van der Waals surface area contributed by atoms with Crippen LogP contribution in [-0.4, -0.2) is 30.6 Å². The van der Waals surface area contributed by atoms with Crippen LogP contribution in [0.5, 0.6) is 0 Å². The molecule has 2 heteroatoms. The first-order valence-corrected chi connectivity index (χ1v) is 8.09. The first kappa shape index (κ1) is 15.5. The van der Waals surface area contributed by atoms with Gasteiger partial charge < -0.3 is 5.73 Å². The largest absolute Gasteiger partial charge is 0.329 e. The third-order valence-corrected chi connectivity index (χ3v) is 4.68. The van der Waals surface area contributed by atoms with Crippen LogP contribution < -0.4 is 5.73 Å². The second kappa shape index (κ2) is 7.24. The average Bonchev–Trinajstić information content (AvgIpc) is 2.44. The summed E-state index contributed by atoms with van der Waals surface area (Å²) < 4.78 is 0. The van der Waals surface area contributed by atoms with E-state index < -0.39 is 0 Å². The number of hydrogen-bond acceptors (Lipinski definition) is 2. The van der Waals surface area contributed by atoms with Crippen molar-refractivity contribution in [2.75, 3.05) is 19.6 Å². The molecule has 0 radical (unpaired) electrons. The van der Waals surface area contributed by atoms with Crippen LogP contribution in [-0.2, 0) is 0 Å². The molecule has 0 spiro atoms. The van der Waals surface area contributed by atoms with E-state index in [1.165, 1.54) is 31.5 Å². The van der Waals surface area contributed by atoms with Crippen molar-refractivity contribution in [1.82, 2.24) is 4.90 Å². The van der Waals surface area contributed by atoms with Crippen molar-refractivity contribution in [3.63, 3.8) is 0 Å². The zero-order chi connectivity index (χ0) is 14.5. The number of nitrogens with two attached hydrogens (primary N) is 1. The summed E-state index contributed by atoms with van der Waals surface area (Å²) in [6.07, 6.45) is 2.53. The van der Waals surface area contributed by atoms with Gasteiger partial charge in [-0.05, 0) is 36.2 Å². The molecule has 0 aliphatic carbocycles. The maximum absolute atomic E-state index is 6.08. The number of hydrogen-bond donors (Lipinski definition) is 1. The van der Waals surface area contributed by atoms with Crippen LogP contribution in [0.1, 0.15) is 45.1 Å². The van der Waals surface area contributed by atoms with E-state index in [1.54, 1.807) is 0 Å². The highest BCUT2D eigenvalue weighted by molar-refractivity contribution is 5.19. The molecule has 4 unspecified atom stereocenters. The van der Waals surface area contributed by atoms with Gasteiger partial charge in [0.2, 0.25) is 0 Å². The average molecular weight is 274 g/mol. The van der Waals surface area contributed by atoms with Crippen LogP contribution in [0.15, 0.2) is 30.3 Å². The summed E-state index contributed by atoms with van der Waals surface area (Å²) in [6.45, 7) is 10.3. The van der Waals surface area contributed by atoms with E-state index in [-0.39, 0.29) is 0 Å². The molecule has 112 valence electrons. The number of rotatable bonds is 5. The molecule has 0 amide bonds. The maximum Gasteiger partial charge on any atom is 0.0224 e. The molecule has 2 N–H and O–H groups in total. The van der Waals surface area contributed by atoms with Gasteiger partial charge in [-0.2, -0.15) is 0 Å². The Hall–Kier alpha value is -0.860. The van der Waals surface area contributed by atoms with Gasteiger partial charge in [0, 0.05) is 25.7 Å². The van der Waals surface area contributed by atoms with Crippen molar-refractivity contribution in [3.8, 4) is 0 Å². The zero-order valence-corrected chi connectivity index (χ0v) is 13.3. The lowest BCUT2D eigenvalue weighted by Gasteiger charge is -2.40. The number of nitrogens with zero attached hydrogens (tertiary/aromatic N) is 1. The van der Waals surface area contributed by atoms with Gasteiger partial charge in [-0.1, -0.05) is 51.1 Å². The van der Waals surface area contributed by atoms with E-state index in [1.807, 2.05) is 0 Å².